The van der Waals surface area contributed by atoms with E-state index < -0.39 is 0 Å². The van der Waals surface area contributed by atoms with Crippen LogP contribution in [0.4, 0.5) is 51.2 Å². The molecule has 0 radical (unpaired) electrons. The van der Waals surface area contributed by atoms with E-state index in [1.807, 2.05) is 91.0 Å². The predicted molar refractivity (Wildman–Crippen MR) is 298 cm³/mol. The predicted octanol–water partition coefficient (Wildman–Crippen LogP) is 8.52. The van der Waals surface area contributed by atoms with Crippen LogP contribution in [0, 0.1) is 34.0 Å². The van der Waals surface area contributed by atoms with Gasteiger partial charge in [-0.25, -0.2) is 0 Å². The minimum Gasteiger partial charge on any atom is -0.458 e. The number of nitrogens with zero attached hydrogens (tertiary/aromatic N) is 6. The number of hydrogen-bond acceptors (Lipinski definition) is 9. The van der Waals surface area contributed by atoms with Crippen molar-refractivity contribution in [1.82, 2.24) is 0 Å². The van der Waals surface area contributed by atoms with Crippen LogP contribution in [-0.4, -0.2) is 20.1 Å². The molecule has 0 atom stereocenters. The van der Waals surface area contributed by atoms with Gasteiger partial charge in [0, 0.05) is 68.8 Å². The van der Waals surface area contributed by atoms with Crippen LogP contribution in [0.3, 0.4) is 0 Å². The second-order valence-electron chi connectivity index (χ2n) is 19.7. The highest BCUT2D eigenvalue weighted by atomic mass is 16.5. The molecular formula is C63H33B3N6O3. The molecule has 0 spiro atoms. The number of nitriles is 3. The normalized spacial score (nSPS) is 13.7. The van der Waals surface area contributed by atoms with Crippen molar-refractivity contribution in [3.05, 3.63) is 217 Å². The van der Waals surface area contributed by atoms with Crippen molar-refractivity contribution in [2.45, 2.75) is 0 Å². The van der Waals surface area contributed by atoms with E-state index >= 15 is 0 Å². The van der Waals surface area contributed by atoms with Crippen LogP contribution < -0.4 is 78.1 Å². The van der Waals surface area contributed by atoms with E-state index in [1.165, 1.54) is 0 Å². The van der Waals surface area contributed by atoms with Crippen molar-refractivity contribution in [3.63, 3.8) is 0 Å². The maximum Gasteiger partial charge on any atom is 0.260 e. The maximum atomic E-state index is 10.8. The molecule has 16 rings (SSSR count). The molecule has 0 bridgehead atoms. The summed E-state index contributed by atoms with van der Waals surface area (Å²) in [6.07, 6.45) is 0. The highest BCUT2D eigenvalue weighted by molar-refractivity contribution is 7.03. The molecule has 0 aromatic heterocycles. The summed E-state index contributed by atoms with van der Waals surface area (Å²) in [5.41, 5.74) is 19.1. The van der Waals surface area contributed by atoms with E-state index in [1.54, 1.807) is 0 Å². The number of ether oxygens (including phenoxy) is 3. The summed E-state index contributed by atoms with van der Waals surface area (Å²) >= 11 is 0. The Balaban J connectivity index is 0.981. The molecule has 342 valence electrons. The van der Waals surface area contributed by atoms with Gasteiger partial charge in [-0.15, -0.1) is 0 Å². The summed E-state index contributed by atoms with van der Waals surface area (Å²) in [6.45, 7) is -0.883. The Kier molecular flexibility index (Phi) is 8.45. The molecule has 0 N–H and O–H groups in total. The van der Waals surface area contributed by atoms with Crippen molar-refractivity contribution in [3.8, 4) is 52.7 Å². The summed E-state index contributed by atoms with van der Waals surface area (Å²) in [4.78, 5) is 6.80. The highest BCUT2D eigenvalue weighted by Gasteiger charge is 2.49. The van der Waals surface area contributed by atoms with E-state index in [2.05, 4.69) is 142 Å². The van der Waals surface area contributed by atoms with Crippen LogP contribution in [0.2, 0.25) is 0 Å². The van der Waals surface area contributed by atoms with Gasteiger partial charge in [-0.2, -0.15) is 15.8 Å². The molecule has 6 aliphatic rings. The van der Waals surface area contributed by atoms with Crippen LogP contribution in [0.1, 0.15) is 16.7 Å². The summed E-state index contributed by atoms with van der Waals surface area (Å²) in [6, 6.07) is 75.5. The van der Waals surface area contributed by atoms with Crippen LogP contribution in [0.15, 0.2) is 200 Å². The second kappa shape index (κ2) is 15.3. The average Bonchev–Trinajstić information content (AvgIpc) is 3.49. The van der Waals surface area contributed by atoms with Gasteiger partial charge in [0.1, 0.15) is 34.5 Å². The number of fused-ring (bicyclic) bond motifs is 12. The van der Waals surface area contributed by atoms with Crippen molar-refractivity contribution >= 4 is 120 Å². The Bertz CT molecular complexity index is 4310. The van der Waals surface area contributed by atoms with E-state index in [4.69, 9.17) is 14.2 Å². The fourth-order valence-corrected chi connectivity index (χ4v) is 12.9. The summed E-state index contributed by atoms with van der Waals surface area (Å²) in [7, 11) is 0. The van der Waals surface area contributed by atoms with Gasteiger partial charge in [0.25, 0.3) is 20.1 Å². The number of benzene rings is 10. The summed E-state index contributed by atoms with van der Waals surface area (Å²) in [5, 5.41) is 31.7. The van der Waals surface area contributed by atoms with E-state index in [-0.39, 0.29) is 20.1 Å². The molecule has 0 aliphatic carbocycles. The first kappa shape index (κ1) is 41.3. The van der Waals surface area contributed by atoms with Gasteiger partial charge >= 0.3 is 0 Å². The molecule has 9 nitrogen and oxygen atoms in total. The quantitative estimate of drug-likeness (QED) is 0.161. The fraction of sp³-hybridized carbons (Fsp3) is 0. The van der Waals surface area contributed by atoms with Gasteiger partial charge in [0.15, 0.2) is 0 Å². The Morgan fingerprint density at radius 2 is 0.667 bits per heavy atom. The smallest absolute Gasteiger partial charge is 0.260 e. The molecule has 0 fully saturated rings. The van der Waals surface area contributed by atoms with Gasteiger partial charge < -0.3 is 28.9 Å². The van der Waals surface area contributed by atoms with Crippen LogP contribution in [0.5, 0.6) is 34.5 Å². The first-order valence-corrected chi connectivity index (χ1v) is 24.9. The SMILES string of the molecule is N#Cc1cc2c3c(c1)Oc1cc4c(cc1B3c1cc3c(cc1O2)N(c1ccccc1)c1cc(C#N)cc2c1B3c1ccccc1O2)B1c2ccccc2N(c2ccccc2)c2cc(C#N)cc(c21)N4c1ccccc1. The van der Waals surface area contributed by atoms with Gasteiger partial charge in [-0.05, 0) is 129 Å². The molecule has 6 aliphatic heterocycles. The van der Waals surface area contributed by atoms with Crippen molar-refractivity contribution < 1.29 is 14.2 Å². The molecule has 75 heavy (non-hydrogen) atoms. The number of para-hydroxylation sites is 5. The largest absolute Gasteiger partial charge is 0.458 e. The monoisotopic (exact) mass is 954 g/mol. The zero-order valence-electron chi connectivity index (χ0n) is 39.7. The molecule has 10 aromatic carbocycles. The maximum absolute atomic E-state index is 10.8. The van der Waals surface area contributed by atoms with Crippen molar-refractivity contribution in [2.24, 2.45) is 0 Å². The molecule has 10 aromatic rings. The minimum absolute atomic E-state index is 0.241. The second-order valence-corrected chi connectivity index (χ2v) is 19.7. The van der Waals surface area contributed by atoms with E-state index in [0.717, 1.165) is 106 Å². The van der Waals surface area contributed by atoms with Gasteiger partial charge in [-0.1, -0.05) is 103 Å². The molecule has 12 heteroatoms. The number of rotatable bonds is 3. The average molecular weight is 954 g/mol. The Morgan fingerprint density at radius 3 is 1.20 bits per heavy atom. The lowest BCUT2D eigenvalue weighted by molar-refractivity contribution is 0.464. The van der Waals surface area contributed by atoms with Crippen LogP contribution in [0.25, 0.3) is 0 Å². The third-order valence-corrected chi connectivity index (χ3v) is 15.8. The highest BCUT2D eigenvalue weighted by Crippen LogP contribution is 2.48. The molecular weight excluding hydrogens is 921 g/mol. The third kappa shape index (κ3) is 5.72. The Hall–Kier alpha value is -10.3. The van der Waals surface area contributed by atoms with Crippen LogP contribution >= 0.6 is 0 Å². The molecule has 0 unspecified atom stereocenters. The Labute approximate surface area is 432 Å². The lowest BCUT2D eigenvalue weighted by atomic mass is 9.29. The van der Waals surface area contributed by atoms with E-state index in [9.17, 15) is 15.8 Å². The van der Waals surface area contributed by atoms with Crippen LogP contribution in [-0.2, 0) is 0 Å². The molecule has 0 saturated carbocycles. The fourth-order valence-electron chi connectivity index (χ4n) is 12.9. The molecule has 6 heterocycles. The zero-order chi connectivity index (χ0) is 49.6. The summed E-state index contributed by atoms with van der Waals surface area (Å²) < 4.78 is 20.9. The number of anilines is 9. The first-order chi connectivity index (χ1) is 37.0. The lowest BCUT2D eigenvalue weighted by Gasteiger charge is -2.45. The number of hydrogen-bond donors (Lipinski definition) is 0. The minimum atomic E-state index is -0.389. The lowest BCUT2D eigenvalue weighted by Crippen LogP contribution is -2.65. The van der Waals surface area contributed by atoms with Crippen molar-refractivity contribution in [1.29, 1.82) is 15.8 Å². The molecule has 0 saturated heterocycles. The first-order valence-electron chi connectivity index (χ1n) is 24.9. The van der Waals surface area contributed by atoms with Crippen molar-refractivity contribution in [2.75, 3.05) is 14.7 Å². The molecule has 0 amide bonds. The zero-order valence-corrected chi connectivity index (χ0v) is 39.7. The van der Waals surface area contributed by atoms with Gasteiger partial charge in [0.2, 0.25) is 0 Å². The topological polar surface area (TPSA) is 109 Å². The summed E-state index contributed by atoms with van der Waals surface area (Å²) in [5.74, 6) is 3.82. The van der Waals surface area contributed by atoms with Gasteiger partial charge in [-0.3, -0.25) is 0 Å². The third-order valence-electron chi connectivity index (χ3n) is 15.8. The Morgan fingerprint density at radius 1 is 0.280 bits per heavy atom. The standard InChI is InChI=1S/C63H33B3N6O3/c67-34-37-24-52-61-53(25-37)71(41-16-6-2-7-17-41)50-32-56-47(30-45(50)64(61)43-20-10-12-22-49(43)70(52)40-14-4-1-5-15-40)66-48-31-46-51(33-57(48)75-60-29-39(36-69)28-59(74-56)63(60)66)72(42-18-8-3-9-19-42)54-26-38(35-68)27-58-62(54)65(46)44-21-11-13-23-55(44)73-58/h1-33H. The van der Waals surface area contributed by atoms with Gasteiger partial charge in [0.05, 0.1) is 34.9 Å². The van der Waals surface area contributed by atoms with E-state index in [0.29, 0.717) is 45.4 Å².